The Labute approximate surface area is 130 Å². The first-order valence-corrected chi connectivity index (χ1v) is 8.07. The fourth-order valence-electron chi connectivity index (χ4n) is 5.17. The minimum Gasteiger partial charge on any atom is -0.508 e. The summed E-state index contributed by atoms with van der Waals surface area (Å²) in [5.41, 5.74) is 0.685. The van der Waals surface area contributed by atoms with Crippen molar-refractivity contribution in [3.05, 3.63) is 23.8 Å². The van der Waals surface area contributed by atoms with Crippen LogP contribution < -0.4 is 0 Å². The fourth-order valence-corrected chi connectivity index (χ4v) is 5.17. The Morgan fingerprint density at radius 3 is 2.32 bits per heavy atom. The summed E-state index contributed by atoms with van der Waals surface area (Å²) >= 11 is 0. The van der Waals surface area contributed by atoms with E-state index in [0.29, 0.717) is 0 Å². The van der Waals surface area contributed by atoms with Crippen molar-refractivity contribution < 1.29 is 15.3 Å². The van der Waals surface area contributed by atoms with Crippen LogP contribution in [0.1, 0.15) is 32.0 Å². The van der Waals surface area contributed by atoms with Crippen LogP contribution >= 0.6 is 0 Å². The number of aliphatic hydroxyl groups is 1. The van der Waals surface area contributed by atoms with Crippen molar-refractivity contribution in [2.75, 3.05) is 26.2 Å². The lowest BCUT2D eigenvalue weighted by Crippen LogP contribution is -2.77. The highest BCUT2D eigenvalue weighted by Crippen LogP contribution is 2.56. The van der Waals surface area contributed by atoms with Crippen molar-refractivity contribution in [1.82, 2.24) is 9.80 Å². The quantitative estimate of drug-likeness (QED) is 0.773. The predicted molar refractivity (Wildman–Crippen MR) is 82.5 cm³/mol. The van der Waals surface area contributed by atoms with Crippen molar-refractivity contribution in [1.29, 1.82) is 0 Å². The Kier molecular flexibility index (Phi) is 2.84. The number of phenols is 2. The number of aromatic hydroxyl groups is 2. The number of hydrogen-bond donors (Lipinski definition) is 3. The second-order valence-electron chi connectivity index (χ2n) is 7.70. The van der Waals surface area contributed by atoms with Crippen molar-refractivity contribution in [3.8, 4) is 11.5 Å². The maximum Gasteiger partial charge on any atom is 0.125 e. The zero-order valence-electron chi connectivity index (χ0n) is 13.2. The number of piperidine rings is 2. The van der Waals surface area contributed by atoms with E-state index in [9.17, 15) is 15.3 Å². The third-order valence-electron chi connectivity index (χ3n) is 6.09. The van der Waals surface area contributed by atoms with Gasteiger partial charge in [-0.15, -0.1) is 0 Å². The molecule has 1 aromatic carbocycles. The monoisotopic (exact) mass is 304 g/mol. The molecule has 4 aliphatic rings. The molecule has 4 bridgehead atoms. The van der Waals surface area contributed by atoms with E-state index in [2.05, 4.69) is 23.6 Å². The largest absolute Gasteiger partial charge is 0.508 e. The van der Waals surface area contributed by atoms with Crippen molar-refractivity contribution in [2.24, 2.45) is 10.8 Å². The van der Waals surface area contributed by atoms with Crippen LogP contribution in [0.5, 0.6) is 11.5 Å². The first-order chi connectivity index (χ1) is 10.4. The lowest BCUT2D eigenvalue weighted by Gasteiger charge is -2.69. The number of aliphatic hydroxyl groups excluding tert-OH is 1. The highest BCUT2D eigenvalue weighted by molar-refractivity contribution is 5.41. The number of rotatable bonds is 2. The van der Waals surface area contributed by atoms with Crippen molar-refractivity contribution >= 4 is 0 Å². The number of nitrogens with zero attached hydrogens (tertiary/aromatic N) is 2. The summed E-state index contributed by atoms with van der Waals surface area (Å²) in [6.07, 6.45) is 0.748. The standard InChI is InChI=1S/C17H24N2O3/c1-3-17-9-18-7-16(2,15(17)22)8-19(10-17)14(18)12-5-4-11(20)6-13(12)21/h4-6,14-15,20-22H,3,7-10H2,1-2H3. The summed E-state index contributed by atoms with van der Waals surface area (Å²) in [5, 5.41) is 30.6. The molecule has 3 atom stereocenters. The van der Waals surface area contributed by atoms with Crippen LogP contribution in [-0.2, 0) is 0 Å². The van der Waals surface area contributed by atoms with Crippen molar-refractivity contribution in [2.45, 2.75) is 32.5 Å². The average Bonchev–Trinajstić information content (AvgIpc) is 2.45. The van der Waals surface area contributed by atoms with Gasteiger partial charge in [-0.1, -0.05) is 13.8 Å². The van der Waals surface area contributed by atoms with E-state index < -0.39 is 0 Å². The van der Waals surface area contributed by atoms with Crippen LogP contribution in [0.2, 0.25) is 0 Å². The van der Waals surface area contributed by atoms with E-state index in [1.165, 1.54) is 6.07 Å². The summed E-state index contributed by atoms with van der Waals surface area (Å²) in [6, 6.07) is 4.86. The molecule has 0 aromatic heterocycles. The van der Waals surface area contributed by atoms with Crippen LogP contribution in [0.3, 0.4) is 0 Å². The van der Waals surface area contributed by atoms with Gasteiger partial charge in [0.15, 0.2) is 0 Å². The third kappa shape index (κ3) is 1.70. The summed E-state index contributed by atoms with van der Waals surface area (Å²) in [6.45, 7) is 7.75. The van der Waals surface area contributed by atoms with Gasteiger partial charge in [-0.05, 0) is 18.6 Å². The zero-order chi connectivity index (χ0) is 15.7. The van der Waals surface area contributed by atoms with E-state index in [-0.39, 0.29) is 34.6 Å². The molecule has 5 heteroatoms. The Hall–Kier alpha value is -1.30. The lowest BCUT2D eigenvalue weighted by atomic mass is 9.58. The second-order valence-corrected chi connectivity index (χ2v) is 7.70. The Morgan fingerprint density at radius 1 is 1.14 bits per heavy atom. The van der Waals surface area contributed by atoms with Gasteiger partial charge in [0.2, 0.25) is 0 Å². The van der Waals surface area contributed by atoms with Crippen LogP contribution in [-0.4, -0.2) is 57.4 Å². The SMILES string of the molecule is CCC12CN3CC(C)(CN(C1)C3c1ccc(O)cc1O)C2O. The van der Waals surface area contributed by atoms with E-state index in [0.717, 1.165) is 38.2 Å². The van der Waals surface area contributed by atoms with Gasteiger partial charge < -0.3 is 15.3 Å². The Morgan fingerprint density at radius 2 is 1.77 bits per heavy atom. The third-order valence-corrected chi connectivity index (χ3v) is 6.09. The number of hydrogen-bond acceptors (Lipinski definition) is 5. The first-order valence-electron chi connectivity index (χ1n) is 8.07. The molecule has 4 fully saturated rings. The molecule has 5 rings (SSSR count). The van der Waals surface area contributed by atoms with Gasteiger partial charge in [0.25, 0.3) is 0 Å². The summed E-state index contributed by atoms with van der Waals surface area (Å²) in [7, 11) is 0. The molecule has 1 aromatic rings. The maximum atomic E-state index is 10.8. The Balaban J connectivity index is 1.75. The van der Waals surface area contributed by atoms with Gasteiger partial charge >= 0.3 is 0 Å². The number of phenolic OH excluding ortho intramolecular Hbond substituents is 2. The van der Waals surface area contributed by atoms with Crippen LogP contribution in [0.4, 0.5) is 0 Å². The molecule has 4 aliphatic heterocycles. The minimum atomic E-state index is -0.258. The lowest BCUT2D eigenvalue weighted by molar-refractivity contribution is -0.260. The highest BCUT2D eigenvalue weighted by atomic mass is 16.3. The van der Waals surface area contributed by atoms with Crippen LogP contribution in [0.25, 0.3) is 0 Å². The molecule has 0 saturated carbocycles. The molecule has 0 radical (unpaired) electrons. The van der Waals surface area contributed by atoms with Gasteiger partial charge in [-0.2, -0.15) is 0 Å². The van der Waals surface area contributed by atoms with Gasteiger partial charge in [0, 0.05) is 48.6 Å². The summed E-state index contributed by atoms with van der Waals surface area (Å²) in [4.78, 5) is 4.77. The molecule has 5 nitrogen and oxygen atoms in total. The maximum absolute atomic E-state index is 10.8. The number of benzene rings is 1. The molecular weight excluding hydrogens is 280 g/mol. The van der Waals surface area contributed by atoms with E-state index in [4.69, 9.17) is 0 Å². The molecular formula is C17H24N2O3. The van der Waals surface area contributed by atoms with Crippen molar-refractivity contribution in [3.63, 3.8) is 0 Å². The average molecular weight is 304 g/mol. The van der Waals surface area contributed by atoms with Gasteiger partial charge in [0.05, 0.1) is 12.3 Å². The molecule has 120 valence electrons. The van der Waals surface area contributed by atoms with Crippen LogP contribution in [0, 0.1) is 10.8 Å². The molecule has 22 heavy (non-hydrogen) atoms. The molecule has 4 saturated heterocycles. The Bertz CT molecular complexity index is 602. The van der Waals surface area contributed by atoms with E-state index >= 15 is 0 Å². The molecule has 0 aliphatic carbocycles. The topological polar surface area (TPSA) is 67.2 Å². The second kappa shape index (κ2) is 4.37. The first kappa shape index (κ1) is 14.3. The molecule has 3 unspecified atom stereocenters. The van der Waals surface area contributed by atoms with E-state index in [1.54, 1.807) is 6.07 Å². The molecule has 3 N–H and O–H groups in total. The molecule has 4 heterocycles. The van der Waals surface area contributed by atoms with Crippen LogP contribution in [0.15, 0.2) is 18.2 Å². The smallest absolute Gasteiger partial charge is 0.125 e. The zero-order valence-corrected chi connectivity index (χ0v) is 13.2. The highest BCUT2D eigenvalue weighted by Gasteiger charge is 2.63. The van der Waals surface area contributed by atoms with Gasteiger partial charge in [-0.3, -0.25) is 9.80 Å². The van der Waals surface area contributed by atoms with Gasteiger partial charge in [-0.25, -0.2) is 0 Å². The normalized spacial score (nSPS) is 46.1. The molecule has 0 spiro atoms. The summed E-state index contributed by atoms with van der Waals surface area (Å²) in [5.74, 6) is 0.233. The van der Waals surface area contributed by atoms with Gasteiger partial charge in [0.1, 0.15) is 11.5 Å². The molecule has 0 amide bonds. The summed E-state index contributed by atoms with van der Waals surface area (Å²) < 4.78 is 0. The fraction of sp³-hybridized carbons (Fsp3) is 0.647. The minimum absolute atomic E-state index is 0.0425. The predicted octanol–water partition coefficient (Wildman–Crippen LogP) is 1.50. The van der Waals surface area contributed by atoms with E-state index in [1.807, 2.05) is 6.07 Å².